The molecular formula is C13H10ClN3O4. The normalized spacial score (nSPS) is 11.2. The fraction of sp³-hybridized carbons (Fsp3) is 0. The number of oxime groups is 1. The van der Waals surface area contributed by atoms with Crippen LogP contribution in [0.2, 0.25) is 5.02 Å². The van der Waals surface area contributed by atoms with E-state index in [4.69, 9.17) is 27.3 Å². The molecule has 0 atom stereocenters. The largest absolute Gasteiger partial charge is 0.457 e. The first-order valence-electron chi connectivity index (χ1n) is 5.71. The van der Waals surface area contributed by atoms with Crippen LogP contribution in [-0.2, 0) is 0 Å². The number of nitro groups is 1. The number of hydrogen-bond donors (Lipinski definition) is 2. The Labute approximate surface area is 124 Å². The molecule has 0 spiro atoms. The van der Waals surface area contributed by atoms with Gasteiger partial charge in [0.2, 0.25) is 0 Å². The first kappa shape index (κ1) is 14.6. The minimum atomic E-state index is -0.509. The summed E-state index contributed by atoms with van der Waals surface area (Å²) in [5.41, 5.74) is 5.85. The molecule has 2 aromatic carbocycles. The van der Waals surface area contributed by atoms with Crippen LogP contribution in [0.3, 0.4) is 0 Å². The van der Waals surface area contributed by atoms with Crippen LogP contribution in [0.4, 0.5) is 5.69 Å². The van der Waals surface area contributed by atoms with Gasteiger partial charge in [0.25, 0.3) is 5.69 Å². The van der Waals surface area contributed by atoms with Gasteiger partial charge in [0.15, 0.2) is 5.84 Å². The molecule has 0 amide bonds. The van der Waals surface area contributed by atoms with Crippen molar-refractivity contribution in [2.24, 2.45) is 10.9 Å². The second-order valence-corrected chi connectivity index (χ2v) is 4.42. The highest BCUT2D eigenvalue weighted by Crippen LogP contribution is 2.29. The quantitative estimate of drug-likeness (QED) is 0.296. The maximum Gasteiger partial charge on any atom is 0.269 e. The standard InChI is InChI=1S/C13H10ClN3O4/c14-8-1-6-11(13(15)16-18)12(7-8)21-10-4-2-9(3-5-10)17(19)20/h1-7,18H,(H2,15,16). The number of rotatable bonds is 4. The van der Waals surface area contributed by atoms with E-state index in [-0.39, 0.29) is 17.3 Å². The second-order valence-electron chi connectivity index (χ2n) is 3.98. The first-order valence-corrected chi connectivity index (χ1v) is 6.09. The maximum atomic E-state index is 10.6. The summed E-state index contributed by atoms with van der Waals surface area (Å²) in [7, 11) is 0. The fourth-order valence-corrected chi connectivity index (χ4v) is 1.77. The Bertz CT molecular complexity index is 701. The number of benzene rings is 2. The van der Waals surface area contributed by atoms with Crippen molar-refractivity contribution in [3.63, 3.8) is 0 Å². The predicted octanol–water partition coefficient (Wildman–Crippen LogP) is 3.14. The Kier molecular flexibility index (Phi) is 4.24. The van der Waals surface area contributed by atoms with Crippen molar-refractivity contribution >= 4 is 23.1 Å². The number of non-ortho nitro benzene ring substituents is 1. The van der Waals surface area contributed by atoms with E-state index in [2.05, 4.69) is 5.16 Å². The van der Waals surface area contributed by atoms with Gasteiger partial charge in [-0.15, -0.1) is 0 Å². The highest BCUT2D eigenvalue weighted by atomic mass is 35.5. The van der Waals surface area contributed by atoms with Crippen molar-refractivity contribution in [2.75, 3.05) is 0 Å². The fourth-order valence-electron chi connectivity index (χ4n) is 1.61. The summed E-state index contributed by atoms with van der Waals surface area (Å²) in [5, 5.41) is 22.6. The van der Waals surface area contributed by atoms with Crippen molar-refractivity contribution in [3.8, 4) is 11.5 Å². The molecule has 0 fully saturated rings. The second kappa shape index (κ2) is 6.10. The van der Waals surface area contributed by atoms with E-state index in [9.17, 15) is 10.1 Å². The summed E-state index contributed by atoms with van der Waals surface area (Å²) < 4.78 is 5.57. The average Bonchev–Trinajstić information content (AvgIpc) is 2.47. The van der Waals surface area contributed by atoms with Crippen LogP contribution in [0.5, 0.6) is 11.5 Å². The van der Waals surface area contributed by atoms with Crippen molar-refractivity contribution in [1.82, 2.24) is 0 Å². The van der Waals surface area contributed by atoms with E-state index >= 15 is 0 Å². The van der Waals surface area contributed by atoms with E-state index in [1.54, 1.807) is 6.07 Å². The van der Waals surface area contributed by atoms with Crippen LogP contribution in [0.25, 0.3) is 0 Å². The number of nitrogens with two attached hydrogens (primary N) is 1. The first-order chi connectivity index (χ1) is 10.0. The Hall–Kier alpha value is -2.80. The van der Waals surface area contributed by atoms with Crippen molar-refractivity contribution in [1.29, 1.82) is 0 Å². The number of nitro benzene ring substituents is 1. The van der Waals surface area contributed by atoms with Crippen LogP contribution in [0.1, 0.15) is 5.56 Å². The summed E-state index contributed by atoms with van der Waals surface area (Å²) in [6.45, 7) is 0. The molecule has 0 aliphatic rings. The molecule has 0 saturated carbocycles. The highest BCUT2D eigenvalue weighted by Gasteiger charge is 2.11. The minimum Gasteiger partial charge on any atom is -0.457 e. The molecule has 0 aliphatic heterocycles. The lowest BCUT2D eigenvalue weighted by Gasteiger charge is -2.10. The molecule has 2 rings (SSSR count). The molecule has 3 N–H and O–H groups in total. The van der Waals surface area contributed by atoms with E-state index < -0.39 is 4.92 Å². The van der Waals surface area contributed by atoms with Crippen molar-refractivity contribution in [2.45, 2.75) is 0 Å². The van der Waals surface area contributed by atoms with Crippen LogP contribution in [0, 0.1) is 10.1 Å². The zero-order valence-corrected chi connectivity index (χ0v) is 11.3. The lowest BCUT2D eigenvalue weighted by Crippen LogP contribution is -2.14. The van der Waals surface area contributed by atoms with Gasteiger partial charge in [-0.2, -0.15) is 0 Å². The van der Waals surface area contributed by atoms with Crippen molar-refractivity contribution in [3.05, 3.63) is 63.2 Å². The number of nitrogens with zero attached hydrogens (tertiary/aromatic N) is 2. The van der Waals surface area contributed by atoms with Gasteiger partial charge in [-0.1, -0.05) is 16.8 Å². The van der Waals surface area contributed by atoms with Gasteiger partial charge in [0, 0.05) is 23.2 Å². The SMILES string of the molecule is NC(=NO)c1ccc(Cl)cc1Oc1ccc([N+](=O)[O-])cc1. The topological polar surface area (TPSA) is 111 Å². The molecule has 0 unspecified atom stereocenters. The van der Waals surface area contributed by atoms with Crippen LogP contribution < -0.4 is 10.5 Å². The maximum absolute atomic E-state index is 10.6. The summed E-state index contributed by atoms with van der Waals surface area (Å²) in [6, 6.07) is 10.1. The monoisotopic (exact) mass is 307 g/mol. The van der Waals surface area contributed by atoms with Gasteiger partial charge in [-0.05, 0) is 24.3 Å². The molecule has 0 aromatic heterocycles. The number of halogens is 1. The van der Waals surface area contributed by atoms with Gasteiger partial charge in [0.1, 0.15) is 11.5 Å². The zero-order chi connectivity index (χ0) is 15.4. The van der Waals surface area contributed by atoms with Crippen LogP contribution in [-0.4, -0.2) is 16.0 Å². The van der Waals surface area contributed by atoms with E-state index in [0.29, 0.717) is 16.3 Å². The van der Waals surface area contributed by atoms with Gasteiger partial charge in [-0.25, -0.2) is 0 Å². The Morgan fingerprint density at radius 1 is 1.29 bits per heavy atom. The molecule has 7 nitrogen and oxygen atoms in total. The lowest BCUT2D eigenvalue weighted by molar-refractivity contribution is -0.384. The molecule has 0 radical (unpaired) electrons. The molecular weight excluding hydrogens is 298 g/mol. The van der Waals surface area contributed by atoms with Crippen LogP contribution >= 0.6 is 11.6 Å². The summed E-state index contributed by atoms with van der Waals surface area (Å²) in [4.78, 5) is 10.1. The number of hydrogen-bond acceptors (Lipinski definition) is 5. The predicted molar refractivity (Wildman–Crippen MR) is 77.1 cm³/mol. The lowest BCUT2D eigenvalue weighted by atomic mass is 10.2. The third-order valence-electron chi connectivity index (χ3n) is 2.60. The molecule has 0 bridgehead atoms. The molecule has 0 saturated heterocycles. The summed E-state index contributed by atoms with van der Waals surface area (Å²) in [6.07, 6.45) is 0. The summed E-state index contributed by atoms with van der Waals surface area (Å²) >= 11 is 5.89. The Balaban J connectivity index is 2.34. The van der Waals surface area contributed by atoms with Gasteiger partial charge >= 0.3 is 0 Å². The van der Waals surface area contributed by atoms with Gasteiger partial charge in [0.05, 0.1) is 10.5 Å². The van der Waals surface area contributed by atoms with E-state index in [0.717, 1.165) is 0 Å². The number of amidine groups is 1. The molecule has 0 heterocycles. The highest BCUT2D eigenvalue weighted by molar-refractivity contribution is 6.30. The molecule has 21 heavy (non-hydrogen) atoms. The van der Waals surface area contributed by atoms with Crippen molar-refractivity contribution < 1.29 is 14.9 Å². The third-order valence-corrected chi connectivity index (χ3v) is 2.84. The van der Waals surface area contributed by atoms with Gasteiger partial charge in [-0.3, -0.25) is 10.1 Å². The smallest absolute Gasteiger partial charge is 0.269 e. The Morgan fingerprint density at radius 3 is 2.52 bits per heavy atom. The third kappa shape index (κ3) is 3.40. The van der Waals surface area contributed by atoms with Gasteiger partial charge < -0.3 is 15.7 Å². The zero-order valence-electron chi connectivity index (χ0n) is 10.6. The molecule has 2 aromatic rings. The molecule has 108 valence electrons. The van der Waals surface area contributed by atoms with E-state index in [1.165, 1.54) is 36.4 Å². The summed E-state index contributed by atoms with van der Waals surface area (Å²) in [5.74, 6) is 0.491. The average molecular weight is 308 g/mol. The van der Waals surface area contributed by atoms with E-state index in [1.807, 2.05) is 0 Å². The Morgan fingerprint density at radius 2 is 1.95 bits per heavy atom. The minimum absolute atomic E-state index is 0.0508. The molecule has 0 aliphatic carbocycles. The number of ether oxygens (including phenoxy) is 1. The molecule has 8 heteroatoms. The van der Waals surface area contributed by atoms with Crippen LogP contribution in [0.15, 0.2) is 47.6 Å².